The van der Waals surface area contributed by atoms with Crippen molar-refractivity contribution in [2.24, 2.45) is 0 Å². The largest absolute Gasteiger partial charge is 2.00 e. The van der Waals surface area contributed by atoms with Gasteiger partial charge in [-0.3, -0.25) is 4.79 Å². The van der Waals surface area contributed by atoms with E-state index in [-0.39, 0.29) is 32.3 Å². The summed E-state index contributed by atoms with van der Waals surface area (Å²) in [6.45, 7) is 0. The van der Waals surface area contributed by atoms with Crippen LogP contribution in [0, 0.1) is 6.07 Å². The normalized spacial score (nSPS) is 8.36. The van der Waals surface area contributed by atoms with Crippen LogP contribution >= 0.6 is 0 Å². The summed E-state index contributed by atoms with van der Waals surface area (Å²) in [7, 11) is 0. The van der Waals surface area contributed by atoms with Crippen LogP contribution in [0.1, 0.15) is 10.4 Å². The van der Waals surface area contributed by atoms with E-state index in [1.807, 2.05) is 0 Å². The third-order valence-electron chi connectivity index (χ3n) is 1.13. The fraction of sp³-hybridized carbons (Fsp3) is 0. The molecule has 4 heteroatoms. The molecule has 1 aromatic carbocycles. The Balaban J connectivity index is 0.000001000. The molecule has 0 aliphatic rings. The maximum atomic E-state index is 10.3. The third kappa shape index (κ3) is 2.35. The molecular formula is C7H6NO2W+. The van der Waals surface area contributed by atoms with Crippen LogP contribution in [-0.4, -0.2) is 11.1 Å². The number of aromatic carboxylic acids is 1. The molecule has 0 fully saturated rings. The second kappa shape index (κ2) is 4.14. The number of carbonyl (C=O) groups is 1. The Bertz CT molecular complexity index is 262. The van der Waals surface area contributed by atoms with E-state index in [1.165, 1.54) is 12.1 Å². The Morgan fingerprint density at radius 3 is 2.64 bits per heavy atom. The number of nitrogens with two attached hydrogens (primary N) is 1. The van der Waals surface area contributed by atoms with Crippen LogP contribution in [0.3, 0.4) is 0 Å². The first-order chi connectivity index (χ1) is 4.72. The zero-order valence-corrected chi connectivity index (χ0v) is 8.51. The molecule has 0 spiro atoms. The zero-order chi connectivity index (χ0) is 7.56. The van der Waals surface area contributed by atoms with Crippen molar-refractivity contribution in [1.29, 1.82) is 0 Å². The summed E-state index contributed by atoms with van der Waals surface area (Å²) in [6.07, 6.45) is 0. The van der Waals surface area contributed by atoms with Crippen LogP contribution < -0.4 is 5.73 Å². The molecule has 0 aliphatic carbocycles. The van der Waals surface area contributed by atoms with E-state index < -0.39 is 5.97 Å². The molecular weight excluding hydrogens is 314 g/mol. The van der Waals surface area contributed by atoms with Crippen molar-refractivity contribution in [2.45, 2.75) is 0 Å². The smallest absolute Gasteiger partial charge is 0.487 e. The Morgan fingerprint density at radius 2 is 2.27 bits per heavy atom. The van der Waals surface area contributed by atoms with Crippen LogP contribution in [-0.2, 0) is 21.1 Å². The molecule has 0 bridgehead atoms. The molecule has 3 N–H and O–H groups in total. The summed E-state index contributed by atoms with van der Waals surface area (Å²) >= 11 is 0. The molecule has 0 heterocycles. The van der Waals surface area contributed by atoms with Gasteiger partial charge < -0.3 is 10.8 Å². The quantitative estimate of drug-likeness (QED) is 0.593. The van der Waals surface area contributed by atoms with Gasteiger partial charge in [-0.15, -0.1) is 6.07 Å². The first-order valence-corrected chi connectivity index (χ1v) is 2.70. The number of anilines is 1. The molecule has 0 aromatic heterocycles. The van der Waals surface area contributed by atoms with Gasteiger partial charge in [0.2, 0.25) is 0 Å². The Labute approximate surface area is 78.5 Å². The summed E-state index contributed by atoms with van der Waals surface area (Å²) < 4.78 is 0. The predicted molar refractivity (Wildman–Crippen MR) is 36.6 cm³/mol. The first-order valence-electron chi connectivity index (χ1n) is 2.70. The molecule has 0 aliphatic heterocycles. The predicted octanol–water partition coefficient (Wildman–Crippen LogP) is 0.765. The van der Waals surface area contributed by atoms with Crippen LogP contribution in [0.4, 0.5) is 5.69 Å². The fourth-order valence-electron chi connectivity index (χ4n) is 0.628. The minimum absolute atomic E-state index is 0. The number of hydrogen-bond acceptors (Lipinski definition) is 2. The fourth-order valence-corrected chi connectivity index (χ4v) is 0.628. The standard InChI is InChI=1S/C7H6NO2.W/c8-6-4-2-1-3-5(6)7(9)10;/h2-4H,8H2,(H,9,10);/q-1;+2. The molecule has 0 amide bonds. The molecule has 1 aromatic rings. The number of rotatable bonds is 1. The molecule has 56 valence electrons. The minimum atomic E-state index is -1.02. The van der Waals surface area contributed by atoms with E-state index in [0.717, 1.165) is 0 Å². The molecule has 11 heavy (non-hydrogen) atoms. The summed E-state index contributed by atoms with van der Waals surface area (Å²) in [5.41, 5.74) is 5.69. The van der Waals surface area contributed by atoms with Gasteiger partial charge in [-0.05, 0) is 5.56 Å². The van der Waals surface area contributed by atoms with Crippen molar-refractivity contribution in [3.05, 3.63) is 29.8 Å². The van der Waals surface area contributed by atoms with Gasteiger partial charge in [0.15, 0.2) is 0 Å². The second-order valence-corrected chi connectivity index (χ2v) is 1.82. The van der Waals surface area contributed by atoms with Gasteiger partial charge in [-0.2, -0.15) is 18.2 Å². The van der Waals surface area contributed by atoms with Gasteiger partial charge in [-0.25, -0.2) is 0 Å². The average molecular weight is 320 g/mol. The maximum absolute atomic E-state index is 10.3. The van der Waals surface area contributed by atoms with E-state index in [2.05, 4.69) is 6.07 Å². The van der Waals surface area contributed by atoms with Crippen molar-refractivity contribution in [3.63, 3.8) is 0 Å². The molecule has 0 saturated heterocycles. The van der Waals surface area contributed by atoms with Crippen LogP contribution in [0.2, 0.25) is 0 Å². The molecule has 0 radical (unpaired) electrons. The first kappa shape index (κ1) is 10.2. The van der Waals surface area contributed by atoms with Gasteiger partial charge in [-0.1, -0.05) is 5.69 Å². The van der Waals surface area contributed by atoms with Crippen molar-refractivity contribution in [3.8, 4) is 0 Å². The second-order valence-electron chi connectivity index (χ2n) is 1.82. The summed E-state index contributed by atoms with van der Waals surface area (Å²) in [5, 5.41) is 8.47. The summed E-state index contributed by atoms with van der Waals surface area (Å²) in [4.78, 5) is 10.3. The number of nitrogen functional groups attached to an aromatic ring is 1. The van der Waals surface area contributed by atoms with Crippen LogP contribution in [0.5, 0.6) is 0 Å². The molecule has 1 rings (SSSR count). The van der Waals surface area contributed by atoms with Gasteiger partial charge in [0.05, 0.1) is 0 Å². The number of carboxylic acid groups (broad SMARTS) is 1. The van der Waals surface area contributed by atoms with Gasteiger partial charge in [0.1, 0.15) is 0 Å². The number of benzene rings is 1. The van der Waals surface area contributed by atoms with Gasteiger partial charge in [0.25, 0.3) is 5.97 Å². The van der Waals surface area contributed by atoms with E-state index in [0.29, 0.717) is 0 Å². The monoisotopic (exact) mass is 320 g/mol. The van der Waals surface area contributed by atoms with Gasteiger partial charge >= 0.3 is 21.1 Å². The molecule has 0 atom stereocenters. The van der Waals surface area contributed by atoms with Crippen LogP contribution in [0.15, 0.2) is 18.2 Å². The topological polar surface area (TPSA) is 63.3 Å². The van der Waals surface area contributed by atoms with E-state index >= 15 is 0 Å². The Kier molecular flexibility index (Phi) is 3.83. The molecule has 3 nitrogen and oxygen atoms in total. The van der Waals surface area contributed by atoms with Crippen molar-refractivity contribution < 1.29 is 31.0 Å². The summed E-state index contributed by atoms with van der Waals surface area (Å²) in [6, 6.07) is 7.04. The maximum Gasteiger partial charge on any atom is 2.00 e. The molecule has 0 unspecified atom stereocenters. The SMILES string of the molecule is Nc1cc[c-]cc1C(=O)O.[W+2]. The summed E-state index contributed by atoms with van der Waals surface area (Å²) in [5.74, 6) is -1.02. The minimum Gasteiger partial charge on any atom is -0.487 e. The van der Waals surface area contributed by atoms with Crippen molar-refractivity contribution in [2.75, 3.05) is 5.73 Å². The van der Waals surface area contributed by atoms with E-state index in [4.69, 9.17) is 10.8 Å². The Hall–Kier alpha value is -0.822. The average Bonchev–Trinajstić information content (AvgIpc) is 1.88. The molecule has 0 saturated carbocycles. The zero-order valence-electron chi connectivity index (χ0n) is 5.57. The van der Waals surface area contributed by atoms with Crippen LogP contribution in [0.25, 0.3) is 0 Å². The number of hydrogen-bond donors (Lipinski definition) is 2. The van der Waals surface area contributed by atoms with Crippen molar-refractivity contribution >= 4 is 11.7 Å². The van der Waals surface area contributed by atoms with E-state index in [1.54, 1.807) is 6.07 Å². The van der Waals surface area contributed by atoms with Crippen molar-refractivity contribution in [1.82, 2.24) is 0 Å². The van der Waals surface area contributed by atoms with Gasteiger partial charge in [0, 0.05) is 0 Å². The third-order valence-corrected chi connectivity index (χ3v) is 1.13. The Morgan fingerprint density at radius 1 is 1.64 bits per heavy atom. The number of carboxylic acids is 1. The van der Waals surface area contributed by atoms with E-state index in [9.17, 15) is 4.79 Å².